The minimum Gasteiger partial charge on any atom is -0.376 e. The first-order valence-corrected chi connectivity index (χ1v) is 10.5. The number of rotatable bonds is 8. The van der Waals surface area contributed by atoms with Gasteiger partial charge in [0.25, 0.3) is 0 Å². The molecule has 1 aromatic carbocycles. The summed E-state index contributed by atoms with van der Waals surface area (Å²) in [5.74, 6) is 0. The van der Waals surface area contributed by atoms with E-state index in [2.05, 4.69) is 10.6 Å². The molecule has 0 spiro atoms. The van der Waals surface area contributed by atoms with E-state index < -0.39 is 10.0 Å². The molecule has 1 fully saturated rings. The van der Waals surface area contributed by atoms with Crippen molar-refractivity contribution in [2.45, 2.75) is 44.2 Å². The third-order valence-electron chi connectivity index (χ3n) is 4.23. The van der Waals surface area contributed by atoms with Gasteiger partial charge >= 0.3 is 0 Å². The molecule has 1 atom stereocenters. The predicted octanol–water partition coefficient (Wildman–Crippen LogP) is 1.86. The van der Waals surface area contributed by atoms with E-state index in [9.17, 15) is 8.42 Å². The zero-order chi connectivity index (χ0) is 18.3. The van der Waals surface area contributed by atoms with Crippen LogP contribution < -0.4 is 10.6 Å². The van der Waals surface area contributed by atoms with Crippen LogP contribution in [0.25, 0.3) is 0 Å². The van der Waals surface area contributed by atoms with E-state index in [4.69, 9.17) is 17.0 Å². The summed E-state index contributed by atoms with van der Waals surface area (Å²) in [5, 5.41) is 6.86. The Morgan fingerprint density at radius 2 is 1.92 bits per heavy atom. The molecule has 2 N–H and O–H groups in total. The molecule has 140 valence electrons. The summed E-state index contributed by atoms with van der Waals surface area (Å²) in [6, 6.07) is 6.92. The van der Waals surface area contributed by atoms with E-state index in [1.165, 1.54) is 4.31 Å². The zero-order valence-corrected chi connectivity index (χ0v) is 16.5. The number of hydrogen-bond donors (Lipinski definition) is 2. The van der Waals surface area contributed by atoms with Gasteiger partial charge < -0.3 is 15.4 Å². The average Bonchev–Trinajstić information content (AvgIpc) is 3.13. The molecule has 0 aromatic heterocycles. The van der Waals surface area contributed by atoms with Crippen LogP contribution in [0.2, 0.25) is 0 Å². The van der Waals surface area contributed by atoms with Crippen molar-refractivity contribution in [1.29, 1.82) is 0 Å². The van der Waals surface area contributed by atoms with Crippen LogP contribution in [0.3, 0.4) is 0 Å². The maximum absolute atomic E-state index is 12.5. The highest BCUT2D eigenvalue weighted by Crippen LogP contribution is 2.16. The Morgan fingerprint density at radius 3 is 2.48 bits per heavy atom. The molecule has 0 saturated carbocycles. The van der Waals surface area contributed by atoms with Crippen LogP contribution >= 0.6 is 12.2 Å². The number of benzene rings is 1. The van der Waals surface area contributed by atoms with Gasteiger partial charge in [-0.2, -0.15) is 4.31 Å². The molecule has 0 aliphatic carbocycles. The summed E-state index contributed by atoms with van der Waals surface area (Å²) in [4.78, 5) is 0.319. The largest absolute Gasteiger partial charge is 0.376 e. The third-order valence-corrected chi connectivity index (χ3v) is 6.59. The van der Waals surface area contributed by atoms with Crippen molar-refractivity contribution in [3.05, 3.63) is 29.8 Å². The number of sulfonamides is 1. The number of thiocarbonyl (C=S) groups is 1. The molecular formula is C17H27N3O3S2. The molecule has 8 heteroatoms. The second-order valence-electron chi connectivity index (χ2n) is 5.93. The smallest absolute Gasteiger partial charge is 0.243 e. The van der Waals surface area contributed by atoms with Gasteiger partial charge in [0.1, 0.15) is 0 Å². The maximum atomic E-state index is 12.5. The second kappa shape index (κ2) is 9.47. The van der Waals surface area contributed by atoms with Crippen molar-refractivity contribution < 1.29 is 13.2 Å². The fraction of sp³-hybridized carbons (Fsp3) is 0.588. The highest BCUT2D eigenvalue weighted by Gasteiger charge is 2.21. The van der Waals surface area contributed by atoms with E-state index in [0.29, 0.717) is 36.2 Å². The van der Waals surface area contributed by atoms with E-state index in [1.807, 2.05) is 26.0 Å². The van der Waals surface area contributed by atoms with Crippen LogP contribution in [0.15, 0.2) is 29.2 Å². The Balaban J connectivity index is 1.84. The third kappa shape index (κ3) is 5.64. The topological polar surface area (TPSA) is 70.7 Å². The van der Waals surface area contributed by atoms with E-state index in [-0.39, 0.29) is 6.10 Å². The lowest BCUT2D eigenvalue weighted by atomic mass is 10.2. The van der Waals surface area contributed by atoms with E-state index in [0.717, 1.165) is 25.0 Å². The van der Waals surface area contributed by atoms with Crippen LogP contribution in [0.5, 0.6) is 0 Å². The highest BCUT2D eigenvalue weighted by molar-refractivity contribution is 7.89. The summed E-state index contributed by atoms with van der Waals surface area (Å²) >= 11 is 5.26. The molecule has 0 radical (unpaired) electrons. The van der Waals surface area contributed by atoms with E-state index in [1.54, 1.807) is 12.1 Å². The lowest BCUT2D eigenvalue weighted by molar-refractivity contribution is 0.114. The zero-order valence-electron chi connectivity index (χ0n) is 14.8. The van der Waals surface area contributed by atoms with Crippen molar-refractivity contribution in [2.24, 2.45) is 0 Å². The van der Waals surface area contributed by atoms with Crippen LogP contribution in [-0.2, 0) is 21.3 Å². The minimum atomic E-state index is -3.41. The molecule has 0 unspecified atom stereocenters. The Kier molecular flexibility index (Phi) is 7.61. The van der Waals surface area contributed by atoms with Gasteiger partial charge in [0.15, 0.2) is 5.11 Å². The summed E-state index contributed by atoms with van der Waals surface area (Å²) in [5.41, 5.74) is 0.972. The fourth-order valence-corrected chi connectivity index (χ4v) is 4.36. The van der Waals surface area contributed by atoms with Crippen LogP contribution in [-0.4, -0.2) is 50.2 Å². The van der Waals surface area contributed by atoms with Gasteiger partial charge in [-0.3, -0.25) is 0 Å². The predicted molar refractivity (Wildman–Crippen MR) is 103 cm³/mol. The first kappa shape index (κ1) is 20.1. The Hall–Kier alpha value is -1.22. The number of hydrogen-bond acceptors (Lipinski definition) is 4. The molecule has 25 heavy (non-hydrogen) atoms. The Morgan fingerprint density at radius 1 is 1.24 bits per heavy atom. The van der Waals surface area contributed by atoms with Gasteiger partial charge in [-0.15, -0.1) is 0 Å². The molecule has 6 nitrogen and oxygen atoms in total. The highest BCUT2D eigenvalue weighted by atomic mass is 32.2. The van der Waals surface area contributed by atoms with Crippen molar-refractivity contribution in [3.63, 3.8) is 0 Å². The van der Waals surface area contributed by atoms with Gasteiger partial charge in [-0.25, -0.2) is 8.42 Å². The molecular weight excluding hydrogens is 358 g/mol. The minimum absolute atomic E-state index is 0.240. The lowest BCUT2D eigenvalue weighted by Gasteiger charge is -2.18. The Labute approximate surface area is 156 Å². The molecule has 1 aliphatic rings. The molecule has 0 bridgehead atoms. The SMILES string of the molecule is CCN(CC)S(=O)(=O)c1ccc(CNC(=S)NC[C@@H]2CCCO2)cc1. The fourth-order valence-electron chi connectivity index (χ4n) is 2.75. The lowest BCUT2D eigenvalue weighted by Crippen LogP contribution is -2.39. The molecule has 1 aliphatic heterocycles. The molecule has 2 rings (SSSR count). The molecule has 1 heterocycles. The van der Waals surface area contributed by atoms with Crippen molar-refractivity contribution in [1.82, 2.24) is 14.9 Å². The molecule has 0 amide bonds. The van der Waals surface area contributed by atoms with E-state index >= 15 is 0 Å². The van der Waals surface area contributed by atoms with Gasteiger partial charge in [-0.05, 0) is 42.8 Å². The summed E-state index contributed by atoms with van der Waals surface area (Å²) < 4.78 is 31.9. The first-order valence-electron chi connectivity index (χ1n) is 8.69. The number of ether oxygens (including phenoxy) is 1. The first-order chi connectivity index (χ1) is 12.0. The van der Waals surface area contributed by atoms with Crippen molar-refractivity contribution in [2.75, 3.05) is 26.2 Å². The summed E-state index contributed by atoms with van der Waals surface area (Å²) in [6.07, 6.45) is 2.41. The molecule has 1 aromatic rings. The Bertz CT molecular complexity index is 652. The second-order valence-corrected chi connectivity index (χ2v) is 8.28. The average molecular weight is 386 g/mol. The van der Waals surface area contributed by atoms with Crippen molar-refractivity contribution >= 4 is 27.4 Å². The van der Waals surface area contributed by atoms with Gasteiger partial charge in [0.2, 0.25) is 10.0 Å². The van der Waals surface area contributed by atoms with Gasteiger partial charge in [0.05, 0.1) is 11.0 Å². The summed E-state index contributed by atoms with van der Waals surface area (Å²) in [7, 11) is -3.41. The monoisotopic (exact) mass is 385 g/mol. The standard InChI is InChI=1S/C17H27N3O3S2/c1-3-20(4-2)25(21,22)16-9-7-14(8-10-16)12-18-17(24)19-13-15-6-5-11-23-15/h7-10,15H,3-6,11-13H2,1-2H3,(H2,18,19,24)/t15-/m0/s1. The number of nitrogens with zero attached hydrogens (tertiary/aromatic N) is 1. The van der Waals surface area contributed by atoms with Gasteiger partial charge in [-0.1, -0.05) is 26.0 Å². The normalized spacial score (nSPS) is 17.6. The van der Waals surface area contributed by atoms with Crippen molar-refractivity contribution in [3.8, 4) is 0 Å². The summed E-state index contributed by atoms with van der Waals surface area (Å²) in [6.45, 7) is 6.69. The maximum Gasteiger partial charge on any atom is 0.243 e. The van der Waals surface area contributed by atoms with Crippen LogP contribution in [0.1, 0.15) is 32.3 Å². The van der Waals surface area contributed by atoms with Crippen LogP contribution in [0, 0.1) is 0 Å². The van der Waals surface area contributed by atoms with Crippen LogP contribution in [0.4, 0.5) is 0 Å². The van der Waals surface area contributed by atoms with Gasteiger partial charge in [0, 0.05) is 32.8 Å². The quantitative estimate of drug-likeness (QED) is 0.666. The number of nitrogens with one attached hydrogen (secondary N) is 2. The molecule has 1 saturated heterocycles.